The third-order valence-corrected chi connectivity index (χ3v) is 4.65. The molecule has 1 saturated carbocycles. The van der Waals surface area contributed by atoms with Crippen LogP contribution in [0.15, 0.2) is 16.6 Å². The van der Waals surface area contributed by atoms with Crippen molar-refractivity contribution in [3.63, 3.8) is 0 Å². The molecule has 0 spiro atoms. The average molecular weight is 318 g/mol. The lowest BCUT2D eigenvalue weighted by Gasteiger charge is -2.41. The summed E-state index contributed by atoms with van der Waals surface area (Å²) >= 11 is 3.10. The van der Waals surface area contributed by atoms with Gasteiger partial charge in [-0.15, -0.1) is 0 Å². The average Bonchev–Trinajstić information content (AvgIpc) is 2.29. The van der Waals surface area contributed by atoms with Gasteiger partial charge in [-0.1, -0.05) is 13.8 Å². The minimum absolute atomic E-state index is 0.0346. The minimum atomic E-state index is -0.881. The predicted octanol–water partition coefficient (Wildman–Crippen LogP) is 4.48. The van der Waals surface area contributed by atoms with Crippen LogP contribution in [0.2, 0.25) is 0 Å². The Balaban J connectivity index is 2.40. The molecule has 1 aliphatic rings. The van der Waals surface area contributed by atoms with Crippen molar-refractivity contribution < 1.29 is 8.78 Å². The first-order valence-electron chi connectivity index (χ1n) is 6.18. The molecule has 100 valence electrons. The van der Waals surface area contributed by atoms with Crippen molar-refractivity contribution in [2.45, 2.75) is 45.1 Å². The quantitative estimate of drug-likeness (QED) is 0.759. The Morgan fingerprint density at radius 1 is 1.11 bits per heavy atom. The van der Waals surface area contributed by atoms with Crippen molar-refractivity contribution in [3.05, 3.63) is 33.8 Å². The molecule has 0 amide bonds. The van der Waals surface area contributed by atoms with E-state index in [0.29, 0.717) is 12.8 Å². The summed E-state index contributed by atoms with van der Waals surface area (Å²) < 4.78 is 28.3. The lowest BCUT2D eigenvalue weighted by atomic mass is 9.67. The van der Waals surface area contributed by atoms with Crippen LogP contribution in [-0.4, -0.2) is 0 Å². The van der Waals surface area contributed by atoms with Gasteiger partial charge in [0, 0.05) is 11.1 Å². The maximum atomic E-state index is 14.1. The van der Waals surface area contributed by atoms with E-state index in [0.717, 1.165) is 12.8 Å². The van der Waals surface area contributed by atoms with Crippen LogP contribution in [0.5, 0.6) is 0 Å². The fourth-order valence-corrected chi connectivity index (χ4v) is 2.94. The molecule has 1 aromatic rings. The standard InChI is InChI=1S/C14H18BrF2N/c1-13(2)5-7-14(18,8-6-13)11-10(16)4-3-9(15)12(11)17/h3-4H,5-8,18H2,1-2H3. The molecule has 4 heteroatoms. The van der Waals surface area contributed by atoms with E-state index in [4.69, 9.17) is 5.73 Å². The first kappa shape index (κ1) is 13.9. The fraction of sp³-hybridized carbons (Fsp3) is 0.571. The number of halogens is 3. The fourth-order valence-electron chi connectivity index (χ4n) is 2.61. The Morgan fingerprint density at radius 2 is 1.67 bits per heavy atom. The lowest BCUT2D eigenvalue weighted by Crippen LogP contribution is -2.43. The van der Waals surface area contributed by atoms with Gasteiger partial charge < -0.3 is 5.73 Å². The summed E-state index contributed by atoms with van der Waals surface area (Å²) in [5.41, 5.74) is 5.63. The molecule has 0 saturated heterocycles. The molecule has 1 aliphatic carbocycles. The molecule has 2 N–H and O–H groups in total. The molecule has 0 radical (unpaired) electrons. The molecular weight excluding hydrogens is 300 g/mol. The highest BCUT2D eigenvalue weighted by Crippen LogP contribution is 2.45. The predicted molar refractivity (Wildman–Crippen MR) is 72.2 cm³/mol. The van der Waals surface area contributed by atoms with Crippen LogP contribution in [0.4, 0.5) is 8.78 Å². The zero-order chi connectivity index (χ0) is 13.6. The van der Waals surface area contributed by atoms with E-state index in [-0.39, 0.29) is 15.5 Å². The largest absolute Gasteiger partial charge is 0.321 e. The number of benzene rings is 1. The number of hydrogen-bond donors (Lipinski definition) is 1. The van der Waals surface area contributed by atoms with Gasteiger partial charge >= 0.3 is 0 Å². The van der Waals surface area contributed by atoms with Gasteiger partial charge in [-0.3, -0.25) is 0 Å². The van der Waals surface area contributed by atoms with Gasteiger partial charge in [-0.25, -0.2) is 8.78 Å². The van der Waals surface area contributed by atoms with Crippen molar-refractivity contribution in [1.82, 2.24) is 0 Å². The summed E-state index contributed by atoms with van der Waals surface area (Å²) in [7, 11) is 0. The summed E-state index contributed by atoms with van der Waals surface area (Å²) in [6.45, 7) is 4.33. The van der Waals surface area contributed by atoms with Gasteiger partial charge in [0.1, 0.15) is 11.6 Å². The smallest absolute Gasteiger partial charge is 0.145 e. The summed E-state index contributed by atoms with van der Waals surface area (Å²) in [5.74, 6) is -1.10. The van der Waals surface area contributed by atoms with Crippen LogP contribution >= 0.6 is 15.9 Å². The summed E-state index contributed by atoms with van der Waals surface area (Å²) in [4.78, 5) is 0. The molecule has 1 aromatic carbocycles. The second kappa shape index (κ2) is 4.57. The van der Waals surface area contributed by atoms with Gasteiger partial charge in [-0.2, -0.15) is 0 Å². The lowest BCUT2D eigenvalue weighted by molar-refractivity contribution is 0.159. The molecule has 0 atom stereocenters. The third-order valence-electron chi connectivity index (χ3n) is 4.04. The second-order valence-electron chi connectivity index (χ2n) is 6.04. The van der Waals surface area contributed by atoms with Crippen molar-refractivity contribution >= 4 is 15.9 Å². The van der Waals surface area contributed by atoms with Crippen LogP contribution in [0.1, 0.15) is 45.1 Å². The normalized spacial score (nSPS) is 21.9. The summed E-state index contributed by atoms with van der Waals surface area (Å²) in [6.07, 6.45) is 3.00. The molecule has 0 unspecified atom stereocenters. The van der Waals surface area contributed by atoms with Crippen LogP contribution in [-0.2, 0) is 5.54 Å². The van der Waals surface area contributed by atoms with E-state index in [1.807, 2.05) is 0 Å². The molecule has 0 aliphatic heterocycles. The Kier molecular flexibility index (Phi) is 3.54. The first-order valence-corrected chi connectivity index (χ1v) is 6.97. The van der Waals surface area contributed by atoms with Gasteiger partial charge in [0.05, 0.1) is 4.47 Å². The number of hydrogen-bond acceptors (Lipinski definition) is 1. The Hall–Kier alpha value is -0.480. The van der Waals surface area contributed by atoms with E-state index in [1.54, 1.807) is 0 Å². The first-order chi connectivity index (χ1) is 8.25. The maximum Gasteiger partial charge on any atom is 0.145 e. The number of rotatable bonds is 1. The monoisotopic (exact) mass is 317 g/mol. The molecule has 1 nitrogen and oxygen atoms in total. The molecule has 2 rings (SSSR count). The van der Waals surface area contributed by atoms with Crippen LogP contribution in [0, 0.1) is 17.0 Å². The minimum Gasteiger partial charge on any atom is -0.321 e. The summed E-state index contributed by atoms with van der Waals surface area (Å²) in [5, 5.41) is 0. The number of nitrogens with two attached hydrogens (primary N) is 1. The maximum absolute atomic E-state index is 14.1. The van der Waals surface area contributed by atoms with Crippen molar-refractivity contribution in [2.24, 2.45) is 11.1 Å². The zero-order valence-corrected chi connectivity index (χ0v) is 12.3. The molecular formula is C14H18BrF2N. The van der Waals surface area contributed by atoms with Crippen molar-refractivity contribution in [1.29, 1.82) is 0 Å². The molecule has 18 heavy (non-hydrogen) atoms. The Labute approximate surface area is 115 Å². The molecule has 0 aromatic heterocycles. The van der Waals surface area contributed by atoms with Crippen LogP contribution in [0.3, 0.4) is 0 Å². The highest BCUT2D eigenvalue weighted by atomic mass is 79.9. The highest BCUT2D eigenvalue weighted by Gasteiger charge is 2.40. The molecule has 1 fully saturated rings. The Morgan fingerprint density at radius 3 is 2.22 bits per heavy atom. The van der Waals surface area contributed by atoms with E-state index < -0.39 is 17.2 Å². The van der Waals surface area contributed by atoms with Gasteiger partial charge in [0.25, 0.3) is 0 Å². The zero-order valence-electron chi connectivity index (χ0n) is 10.7. The second-order valence-corrected chi connectivity index (χ2v) is 6.89. The highest BCUT2D eigenvalue weighted by molar-refractivity contribution is 9.10. The van der Waals surface area contributed by atoms with Crippen LogP contribution in [0.25, 0.3) is 0 Å². The van der Waals surface area contributed by atoms with E-state index in [2.05, 4.69) is 29.8 Å². The third kappa shape index (κ3) is 2.45. The topological polar surface area (TPSA) is 26.0 Å². The summed E-state index contributed by atoms with van der Waals surface area (Å²) in [6, 6.07) is 2.65. The van der Waals surface area contributed by atoms with Gasteiger partial charge in [-0.05, 0) is 59.2 Å². The van der Waals surface area contributed by atoms with Crippen LogP contribution < -0.4 is 5.73 Å². The van der Waals surface area contributed by atoms with Gasteiger partial charge in [0.2, 0.25) is 0 Å². The van der Waals surface area contributed by atoms with Crippen molar-refractivity contribution in [2.75, 3.05) is 0 Å². The Bertz CT molecular complexity index is 461. The van der Waals surface area contributed by atoms with Gasteiger partial charge in [0.15, 0.2) is 0 Å². The SMILES string of the molecule is CC1(C)CCC(N)(c2c(F)ccc(Br)c2F)CC1. The molecule has 0 heterocycles. The van der Waals surface area contributed by atoms with E-state index in [1.165, 1.54) is 12.1 Å². The molecule has 0 bridgehead atoms. The van der Waals surface area contributed by atoms with Crippen molar-refractivity contribution in [3.8, 4) is 0 Å². The van der Waals surface area contributed by atoms with E-state index in [9.17, 15) is 8.78 Å². The van der Waals surface area contributed by atoms with E-state index >= 15 is 0 Å².